The number of benzene rings is 3. The van der Waals surface area contributed by atoms with Crippen LogP contribution >= 0.6 is 0 Å². The van der Waals surface area contributed by atoms with Crippen LogP contribution in [0.2, 0.25) is 0 Å². The van der Waals surface area contributed by atoms with Gasteiger partial charge in [0.2, 0.25) is 0 Å². The molecule has 0 radical (unpaired) electrons. The Hall–Kier alpha value is -3.12. The van der Waals surface area contributed by atoms with Crippen molar-refractivity contribution in [1.29, 1.82) is 0 Å². The number of fused-ring (bicyclic) bond motifs is 3. The fourth-order valence-corrected chi connectivity index (χ4v) is 4.87. The number of carbonyl (C=O) groups excluding carboxylic acids is 1. The summed E-state index contributed by atoms with van der Waals surface area (Å²) >= 11 is 0. The van der Waals surface area contributed by atoms with Crippen molar-refractivity contribution in [3.05, 3.63) is 76.9 Å². The van der Waals surface area contributed by atoms with E-state index in [2.05, 4.69) is 10.0 Å². The lowest BCUT2D eigenvalue weighted by Gasteiger charge is -2.26. The molecule has 1 amide bonds. The molecule has 1 aliphatic heterocycles. The summed E-state index contributed by atoms with van der Waals surface area (Å²) in [5.41, 5.74) is 5.88. The van der Waals surface area contributed by atoms with Crippen LogP contribution in [0.15, 0.2) is 59.5 Å². The van der Waals surface area contributed by atoms with Gasteiger partial charge in [-0.1, -0.05) is 35.9 Å². The van der Waals surface area contributed by atoms with Gasteiger partial charge in [0.1, 0.15) is 0 Å². The van der Waals surface area contributed by atoms with E-state index >= 15 is 0 Å². The van der Waals surface area contributed by atoms with E-state index in [1.165, 1.54) is 0 Å². The molecule has 0 aromatic heterocycles. The van der Waals surface area contributed by atoms with E-state index in [0.29, 0.717) is 22.5 Å². The number of hydrogen-bond donors (Lipinski definition) is 2. The lowest BCUT2D eigenvalue weighted by Crippen LogP contribution is -2.21. The van der Waals surface area contributed by atoms with E-state index in [-0.39, 0.29) is 10.8 Å². The smallest absolute Gasteiger partial charge is 0.262 e. The van der Waals surface area contributed by atoms with Gasteiger partial charge in [-0.2, -0.15) is 0 Å². The minimum Gasteiger partial charge on any atom is -0.322 e. The Bertz CT molecular complexity index is 1210. The highest BCUT2D eigenvalue weighted by Gasteiger charge is 2.30. The van der Waals surface area contributed by atoms with Gasteiger partial charge in [-0.3, -0.25) is 9.52 Å². The Labute approximate surface area is 164 Å². The topological polar surface area (TPSA) is 75.3 Å². The fourth-order valence-electron chi connectivity index (χ4n) is 3.51. The third-order valence-electron chi connectivity index (χ3n) is 5.03. The molecule has 4 rings (SSSR count). The molecular weight excluding hydrogens is 372 g/mol. The zero-order valence-corrected chi connectivity index (χ0v) is 16.6. The average Bonchev–Trinajstić information content (AvgIpc) is 2.66. The number of nitrogens with one attached hydrogen (secondary N) is 2. The fraction of sp³-hybridized carbons (Fsp3) is 0.136. The first-order chi connectivity index (χ1) is 13.3. The molecule has 6 heteroatoms. The van der Waals surface area contributed by atoms with Gasteiger partial charge in [0.15, 0.2) is 0 Å². The highest BCUT2D eigenvalue weighted by molar-refractivity contribution is 7.93. The van der Waals surface area contributed by atoms with Crippen LogP contribution in [0.25, 0.3) is 11.1 Å². The van der Waals surface area contributed by atoms with Crippen molar-refractivity contribution in [3.63, 3.8) is 0 Å². The Morgan fingerprint density at radius 3 is 2.36 bits per heavy atom. The van der Waals surface area contributed by atoms with Crippen LogP contribution < -0.4 is 10.0 Å². The summed E-state index contributed by atoms with van der Waals surface area (Å²) in [6.07, 6.45) is 0. The predicted octanol–water partition coefficient (Wildman–Crippen LogP) is 4.65. The summed E-state index contributed by atoms with van der Waals surface area (Å²) < 4.78 is 27.9. The summed E-state index contributed by atoms with van der Waals surface area (Å²) in [5.74, 6) is -0.202. The number of sulfonamides is 1. The van der Waals surface area contributed by atoms with Crippen LogP contribution in [0.5, 0.6) is 0 Å². The molecule has 0 aliphatic carbocycles. The standard InChI is InChI=1S/C22H20N2O3S/c1-13-8-10-16(11-9-13)22(25)23-18-12-14(2)21-20(15(18)3)17-6-4-5-7-19(17)28(26,27)24-21/h4-12,24H,1-3H3,(H,23,25). The Morgan fingerprint density at radius 1 is 0.964 bits per heavy atom. The number of carbonyl (C=O) groups is 1. The van der Waals surface area contributed by atoms with Crippen molar-refractivity contribution in [2.75, 3.05) is 10.0 Å². The van der Waals surface area contributed by atoms with E-state index in [0.717, 1.165) is 22.3 Å². The van der Waals surface area contributed by atoms with Crippen molar-refractivity contribution in [3.8, 4) is 11.1 Å². The maximum Gasteiger partial charge on any atom is 0.262 e. The Balaban J connectivity index is 1.83. The molecule has 0 saturated carbocycles. The molecule has 0 fully saturated rings. The third kappa shape index (κ3) is 2.96. The molecule has 0 spiro atoms. The number of anilines is 2. The molecule has 0 saturated heterocycles. The summed E-state index contributed by atoms with van der Waals surface area (Å²) in [6, 6.07) is 16.1. The van der Waals surface area contributed by atoms with Gasteiger partial charge in [0, 0.05) is 22.4 Å². The molecule has 0 bridgehead atoms. The highest BCUT2D eigenvalue weighted by atomic mass is 32.2. The van der Waals surface area contributed by atoms with E-state index in [4.69, 9.17) is 0 Å². The first-order valence-electron chi connectivity index (χ1n) is 8.92. The normalized spacial score (nSPS) is 13.8. The largest absolute Gasteiger partial charge is 0.322 e. The van der Waals surface area contributed by atoms with E-state index in [1.54, 1.807) is 36.4 Å². The molecule has 3 aromatic carbocycles. The molecule has 142 valence electrons. The Morgan fingerprint density at radius 2 is 1.64 bits per heavy atom. The van der Waals surface area contributed by atoms with Gasteiger partial charge in [0.05, 0.1) is 10.6 Å². The second-order valence-corrected chi connectivity index (χ2v) is 8.69. The molecule has 2 N–H and O–H groups in total. The van der Waals surface area contributed by atoms with Gasteiger partial charge < -0.3 is 5.32 Å². The van der Waals surface area contributed by atoms with Crippen LogP contribution in [0, 0.1) is 20.8 Å². The number of rotatable bonds is 2. The molecule has 1 heterocycles. The molecule has 3 aromatic rings. The minimum atomic E-state index is -3.62. The maximum atomic E-state index is 12.7. The number of aryl methyl sites for hydroxylation is 2. The highest BCUT2D eigenvalue weighted by Crippen LogP contribution is 2.45. The van der Waals surface area contributed by atoms with Crippen LogP contribution in [-0.2, 0) is 10.0 Å². The zero-order chi connectivity index (χ0) is 20.1. The SMILES string of the molecule is Cc1ccc(C(=O)Nc2cc(C)c3c(c2C)-c2ccccc2S(=O)(=O)N3)cc1. The summed E-state index contributed by atoms with van der Waals surface area (Å²) in [4.78, 5) is 12.9. The van der Waals surface area contributed by atoms with E-state index in [9.17, 15) is 13.2 Å². The monoisotopic (exact) mass is 392 g/mol. The first-order valence-corrected chi connectivity index (χ1v) is 10.4. The summed E-state index contributed by atoms with van der Waals surface area (Å²) in [5, 5.41) is 2.97. The third-order valence-corrected chi connectivity index (χ3v) is 6.44. The molecule has 0 unspecified atom stereocenters. The molecule has 0 atom stereocenters. The van der Waals surface area contributed by atoms with Crippen molar-refractivity contribution in [2.45, 2.75) is 25.7 Å². The van der Waals surface area contributed by atoms with Crippen LogP contribution in [0.3, 0.4) is 0 Å². The van der Waals surface area contributed by atoms with E-state index in [1.807, 2.05) is 39.0 Å². The quantitative estimate of drug-likeness (QED) is 0.667. The minimum absolute atomic E-state index is 0.202. The summed E-state index contributed by atoms with van der Waals surface area (Å²) in [7, 11) is -3.62. The second kappa shape index (κ2) is 6.49. The summed E-state index contributed by atoms with van der Waals surface area (Å²) in [6.45, 7) is 5.69. The second-order valence-electron chi connectivity index (χ2n) is 7.04. The van der Waals surface area contributed by atoms with Crippen LogP contribution in [0.1, 0.15) is 27.0 Å². The predicted molar refractivity (Wildman–Crippen MR) is 111 cm³/mol. The van der Waals surface area contributed by atoms with Crippen molar-refractivity contribution < 1.29 is 13.2 Å². The average molecular weight is 392 g/mol. The number of amides is 1. The van der Waals surface area contributed by atoms with Crippen molar-refractivity contribution in [2.24, 2.45) is 0 Å². The molecule has 1 aliphatic rings. The molecular formula is C22H20N2O3S. The van der Waals surface area contributed by atoms with Crippen LogP contribution in [0.4, 0.5) is 11.4 Å². The van der Waals surface area contributed by atoms with E-state index < -0.39 is 10.0 Å². The van der Waals surface area contributed by atoms with Gasteiger partial charge in [0.25, 0.3) is 15.9 Å². The molecule has 28 heavy (non-hydrogen) atoms. The van der Waals surface area contributed by atoms with Gasteiger partial charge in [-0.15, -0.1) is 0 Å². The van der Waals surface area contributed by atoms with Crippen LogP contribution in [-0.4, -0.2) is 14.3 Å². The molecule has 5 nitrogen and oxygen atoms in total. The van der Waals surface area contributed by atoms with Crippen molar-refractivity contribution in [1.82, 2.24) is 0 Å². The lowest BCUT2D eigenvalue weighted by molar-refractivity contribution is 0.102. The maximum absolute atomic E-state index is 12.7. The van der Waals surface area contributed by atoms with Gasteiger partial charge in [-0.25, -0.2) is 8.42 Å². The Kier molecular flexibility index (Phi) is 4.23. The van der Waals surface area contributed by atoms with Crippen molar-refractivity contribution >= 4 is 27.3 Å². The number of hydrogen-bond acceptors (Lipinski definition) is 3. The lowest BCUT2D eigenvalue weighted by atomic mass is 9.94. The van der Waals surface area contributed by atoms with Gasteiger partial charge >= 0.3 is 0 Å². The first kappa shape index (κ1) is 18.3. The zero-order valence-electron chi connectivity index (χ0n) is 15.8. The van der Waals surface area contributed by atoms with Gasteiger partial charge in [-0.05, 0) is 56.2 Å².